The fourth-order valence-electron chi connectivity index (χ4n) is 2.07. The van der Waals surface area contributed by atoms with Crippen molar-refractivity contribution in [3.63, 3.8) is 0 Å². The number of nitrogens with zero attached hydrogens (tertiary/aromatic N) is 1. The van der Waals surface area contributed by atoms with E-state index in [0.29, 0.717) is 18.2 Å². The van der Waals surface area contributed by atoms with E-state index in [1.54, 1.807) is 12.2 Å². The first-order valence-electron chi connectivity index (χ1n) is 7.45. The molecule has 0 bridgehead atoms. The van der Waals surface area contributed by atoms with E-state index in [1.807, 2.05) is 24.3 Å². The van der Waals surface area contributed by atoms with Crippen molar-refractivity contribution in [1.82, 2.24) is 10.2 Å². The summed E-state index contributed by atoms with van der Waals surface area (Å²) in [5.41, 5.74) is 1.87. The Morgan fingerprint density at radius 3 is 2.48 bits per heavy atom. The van der Waals surface area contributed by atoms with E-state index < -0.39 is 0 Å². The molecule has 0 atom stereocenters. The lowest BCUT2D eigenvalue weighted by molar-refractivity contribution is 0.0958. The molecule has 0 aliphatic heterocycles. The van der Waals surface area contributed by atoms with Crippen LogP contribution in [0.2, 0.25) is 0 Å². The molecule has 0 saturated carbocycles. The normalized spacial score (nSPS) is 11.5. The monoisotopic (exact) mass is 290 g/mol. The number of carbonyl (C=O) groups excluding carboxylic acids is 1. The lowest BCUT2D eigenvalue weighted by atomic mass is 10.1. The topological polar surface area (TPSA) is 52.6 Å². The van der Waals surface area contributed by atoms with Crippen LogP contribution in [0.4, 0.5) is 0 Å². The highest BCUT2D eigenvalue weighted by Crippen LogP contribution is 2.10. The fraction of sp³-hybridized carbons (Fsp3) is 0.471. The average Bonchev–Trinajstić information content (AvgIpc) is 2.49. The summed E-state index contributed by atoms with van der Waals surface area (Å²) in [5.74, 6) is -0.0969. The van der Waals surface area contributed by atoms with Crippen molar-refractivity contribution in [1.29, 1.82) is 0 Å². The second kappa shape index (κ2) is 9.32. The summed E-state index contributed by atoms with van der Waals surface area (Å²) >= 11 is 0. The zero-order valence-corrected chi connectivity index (χ0v) is 13.2. The average molecular weight is 290 g/mol. The molecule has 0 saturated heterocycles. The van der Waals surface area contributed by atoms with Gasteiger partial charge in [-0.05, 0) is 38.1 Å². The highest BCUT2D eigenvalue weighted by molar-refractivity contribution is 5.94. The molecule has 0 spiro atoms. The molecule has 0 aromatic heterocycles. The summed E-state index contributed by atoms with van der Waals surface area (Å²) in [7, 11) is 0. The van der Waals surface area contributed by atoms with Crippen LogP contribution in [0.5, 0.6) is 0 Å². The summed E-state index contributed by atoms with van der Waals surface area (Å²) in [4.78, 5) is 14.3. The summed E-state index contributed by atoms with van der Waals surface area (Å²) in [6.07, 6.45) is 3.34. The lowest BCUT2D eigenvalue weighted by Gasteiger charge is -2.24. The lowest BCUT2D eigenvalue weighted by Crippen LogP contribution is -2.30. The number of carbonyl (C=O) groups is 1. The number of hydrogen-bond donors (Lipinski definition) is 2. The molecule has 21 heavy (non-hydrogen) atoms. The molecule has 0 aliphatic carbocycles. The predicted octanol–water partition coefficient (Wildman–Crippen LogP) is 2.20. The highest BCUT2D eigenvalue weighted by atomic mass is 16.2. The summed E-state index contributed by atoms with van der Waals surface area (Å²) in [5, 5.41) is 11.4. The van der Waals surface area contributed by atoms with Crippen molar-refractivity contribution in [2.45, 2.75) is 33.4 Å². The van der Waals surface area contributed by atoms with E-state index in [1.165, 1.54) is 5.56 Å². The van der Waals surface area contributed by atoms with Gasteiger partial charge in [0, 0.05) is 24.7 Å². The largest absolute Gasteiger partial charge is 0.392 e. The van der Waals surface area contributed by atoms with E-state index in [0.717, 1.165) is 13.1 Å². The molecule has 4 heteroatoms. The maximum atomic E-state index is 11.9. The Morgan fingerprint density at radius 2 is 1.95 bits per heavy atom. The molecule has 4 nitrogen and oxygen atoms in total. The quantitative estimate of drug-likeness (QED) is 0.722. The Morgan fingerprint density at radius 1 is 1.29 bits per heavy atom. The molecular weight excluding hydrogens is 264 g/mol. The molecule has 116 valence electrons. The van der Waals surface area contributed by atoms with Crippen molar-refractivity contribution in [2.75, 3.05) is 19.7 Å². The minimum atomic E-state index is -0.0969. The molecule has 0 heterocycles. The van der Waals surface area contributed by atoms with Gasteiger partial charge in [-0.3, -0.25) is 9.69 Å². The van der Waals surface area contributed by atoms with Crippen molar-refractivity contribution < 1.29 is 9.90 Å². The van der Waals surface area contributed by atoms with Crippen LogP contribution in [0.15, 0.2) is 36.4 Å². The zero-order valence-electron chi connectivity index (χ0n) is 13.2. The number of nitrogens with one attached hydrogen (secondary N) is 1. The van der Waals surface area contributed by atoms with Gasteiger partial charge in [-0.2, -0.15) is 0 Å². The molecule has 0 unspecified atom stereocenters. The molecule has 0 aliphatic rings. The molecule has 1 rings (SSSR count). The van der Waals surface area contributed by atoms with Crippen molar-refractivity contribution >= 4 is 5.91 Å². The van der Waals surface area contributed by atoms with Crippen LogP contribution < -0.4 is 5.32 Å². The second-order valence-corrected chi connectivity index (χ2v) is 5.22. The van der Waals surface area contributed by atoms with Crippen LogP contribution in [0.3, 0.4) is 0 Å². The number of aliphatic hydroxyl groups excluding tert-OH is 1. The minimum absolute atomic E-state index is 0.00561. The fourth-order valence-corrected chi connectivity index (χ4v) is 2.07. The van der Waals surface area contributed by atoms with Crippen molar-refractivity contribution in [3.8, 4) is 0 Å². The first kappa shape index (κ1) is 17.4. The van der Waals surface area contributed by atoms with Crippen molar-refractivity contribution in [3.05, 3.63) is 47.5 Å². The first-order valence-corrected chi connectivity index (χ1v) is 7.45. The molecule has 0 radical (unpaired) electrons. The summed E-state index contributed by atoms with van der Waals surface area (Å²) in [6.45, 7) is 8.86. The van der Waals surface area contributed by atoms with Crippen LogP contribution in [0, 0.1) is 0 Å². The number of amides is 1. The van der Waals surface area contributed by atoms with Gasteiger partial charge < -0.3 is 10.4 Å². The van der Waals surface area contributed by atoms with E-state index in [2.05, 4.69) is 31.0 Å². The smallest absolute Gasteiger partial charge is 0.251 e. The molecule has 2 N–H and O–H groups in total. The zero-order chi connectivity index (χ0) is 15.7. The van der Waals surface area contributed by atoms with Crippen LogP contribution in [0.1, 0.15) is 36.7 Å². The van der Waals surface area contributed by atoms with Crippen molar-refractivity contribution in [2.24, 2.45) is 0 Å². The number of aliphatic hydroxyl groups is 1. The Kier molecular flexibility index (Phi) is 7.72. The highest BCUT2D eigenvalue weighted by Gasteiger charge is 2.08. The maximum absolute atomic E-state index is 11.9. The van der Waals surface area contributed by atoms with Gasteiger partial charge in [0.05, 0.1) is 6.61 Å². The molecule has 1 amide bonds. The maximum Gasteiger partial charge on any atom is 0.251 e. The van der Waals surface area contributed by atoms with Crippen LogP contribution in [-0.2, 0) is 6.54 Å². The minimum Gasteiger partial charge on any atom is -0.392 e. The summed E-state index contributed by atoms with van der Waals surface area (Å²) < 4.78 is 0. The van der Waals surface area contributed by atoms with E-state index in [4.69, 9.17) is 5.11 Å². The SMILES string of the molecule is CCN(Cc1ccc(C(=O)NC/C=C/CO)cc1)C(C)C. The Balaban J connectivity index is 2.57. The van der Waals surface area contributed by atoms with Gasteiger partial charge in [-0.25, -0.2) is 0 Å². The Bertz CT molecular complexity index is 452. The predicted molar refractivity (Wildman–Crippen MR) is 86.2 cm³/mol. The molecule has 1 aromatic rings. The van der Waals surface area contributed by atoms with Gasteiger partial charge >= 0.3 is 0 Å². The van der Waals surface area contributed by atoms with Crippen LogP contribution in [-0.4, -0.2) is 41.7 Å². The molecule has 0 fully saturated rings. The van der Waals surface area contributed by atoms with Gasteiger partial charge in [-0.1, -0.05) is 31.2 Å². The standard InChI is InChI=1S/C17H26N2O2/c1-4-19(14(2)3)13-15-7-9-16(10-8-15)17(21)18-11-5-6-12-20/h5-10,14,20H,4,11-13H2,1-3H3,(H,18,21)/b6-5+. The van der Waals surface area contributed by atoms with Gasteiger partial charge in [0.2, 0.25) is 0 Å². The third kappa shape index (κ3) is 6.10. The first-order chi connectivity index (χ1) is 10.1. The van der Waals surface area contributed by atoms with Gasteiger partial charge in [0.15, 0.2) is 0 Å². The third-order valence-corrected chi connectivity index (χ3v) is 3.39. The Labute approximate surface area is 127 Å². The second-order valence-electron chi connectivity index (χ2n) is 5.22. The van der Waals surface area contributed by atoms with E-state index >= 15 is 0 Å². The molecule has 1 aromatic carbocycles. The summed E-state index contributed by atoms with van der Waals surface area (Å²) in [6, 6.07) is 8.23. The van der Waals surface area contributed by atoms with Crippen LogP contribution >= 0.6 is 0 Å². The van der Waals surface area contributed by atoms with Gasteiger partial charge in [0.25, 0.3) is 5.91 Å². The Hall–Kier alpha value is -1.65. The van der Waals surface area contributed by atoms with Gasteiger partial charge in [0.1, 0.15) is 0 Å². The van der Waals surface area contributed by atoms with E-state index in [9.17, 15) is 4.79 Å². The number of hydrogen-bond acceptors (Lipinski definition) is 3. The molecular formula is C17H26N2O2. The van der Waals surface area contributed by atoms with E-state index in [-0.39, 0.29) is 12.5 Å². The van der Waals surface area contributed by atoms with Gasteiger partial charge in [-0.15, -0.1) is 0 Å². The number of benzene rings is 1. The number of rotatable bonds is 8. The van der Waals surface area contributed by atoms with Crippen LogP contribution in [0.25, 0.3) is 0 Å². The third-order valence-electron chi connectivity index (χ3n) is 3.39.